The van der Waals surface area contributed by atoms with Crippen LogP contribution in [-0.2, 0) is 14.4 Å². The number of carboxylic acid groups (broad SMARTS) is 1. The van der Waals surface area contributed by atoms with Crippen LogP contribution in [0.2, 0.25) is 0 Å². The van der Waals surface area contributed by atoms with Crippen LogP contribution < -0.4 is 16.0 Å². The Balaban J connectivity index is 1.31. The predicted octanol–water partition coefficient (Wildman–Crippen LogP) is 3.91. The standard InChI is InChI=1S/C36H45N7O6/c1-36(2,3)30(41-32(45)29(23-11-6-5-7-12-23)40-31(44)27-19-37-16-17-38-27)33(46)42(4)28-21-43(20-26(28)34(47)48)35(49)39-25-15-14-22-10-8-9-13-24(22)18-25/h8-10,13-19,23,26,28-30H,5-7,11-12,20-21H2,1-4H3,(H,39,49)(H,40,44)(H,41,45)(H,47,48)/t26-,28+,29+,30-/m1/s1. The van der Waals surface area contributed by atoms with E-state index in [0.29, 0.717) is 5.69 Å². The van der Waals surface area contributed by atoms with Crippen molar-refractivity contribution in [1.82, 2.24) is 30.4 Å². The quantitative estimate of drug-likeness (QED) is 0.265. The summed E-state index contributed by atoms with van der Waals surface area (Å²) in [5, 5.41) is 20.7. The number of anilines is 1. The average molecular weight is 672 g/mol. The summed E-state index contributed by atoms with van der Waals surface area (Å²) in [7, 11) is 1.51. The number of hydrogen-bond donors (Lipinski definition) is 4. The van der Waals surface area contributed by atoms with Gasteiger partial charge in [0, 0.05) is 38.2 Å². The van der Waals surface area contributed by atoms with Crippen LogP contribution in [0.5, 0.6) is 0 Å². The minimum Gasteiger partial charge on any atom is -0.481 e. The van der Waals surface area contributed by atoms with E-state index in [1.165, 1.54) is 35.4 Å². The number of urea groups is 1. The van der Waals surface area contributed by atoms with Crippen LogP contribution in [-0.4, -0.2) is 92.9 Å². The Morgan fingerprint density at radius 2 is 1.65 bits per heavy atom. The summed E-state index contributed by atoms with van der Waals surface area (Å²) in [6.45, 7) is 5.32. The molecule has 4 N–H and O–H groups in total. The third kappa shape index (κ3) is 8.33. The molecule has 2 heterocycles. The number of nitrogens with zero attached hydrogens (tertiary/aromatic N) is 4. The Hall–Kier alpha value is -5.07. The maximum Gasteiger partial charge on any atom is 0.321 e. The summed E-state index contributed by atoms with van der Waals surface area (Å²) in [6.07, 6.45) is 8.54. The number of fused-ring (bicyclic) bond motifs is 1. The van der Waals surface area contributed by atoms with Crippen LogP contribution in [0, 0.1) is 17.3 Å². The first-order chi connectivity index (χ1) is 23.3. The number of hydrogen-bond acceptors (Lipinski definition) is 7. The van der Waals surface area contributed by atoms with Gasteiger partial charge in [-0.05, 0) is 47.1 Å². The van der Waals surface area contributed by atoms with Gasteiger partial charge in [-0.1, -0.05) is 70.4 Å². The normalized spacial score (nSPS) is 19.5. The van der Waals surface area contributed by atoms with Gasteiger partial charge in [0.05, 0.1) is 18.2 Å². The van der Waals surface area contributed by atoms with Crippen molar-refractivity contribution in [2.24, 2.45) is 17.3 Å². The van der Waals surface area contributed by atoms with Gasteiger partial charge in [-0.15, -0.1) is 0 Å². The maximum atomic E-state index is 14.2. The number of benzene rings is 2. The molecule has 2 aromatic carbocycles. The number of rotatable bonds is 9. The molecule has 260 valence electrons. The number of likely N-dealkylation sites (N-methyl/N-ethyl adjacent to an activating group) is 1. The number of nitrogens with one attached hydrogen (secondary N) is 3. The summed E-state index contributed by atoms with van der Waals surface area (Å²) in [5.74, 6) is -3.84. The largest absolute Gasteiger partial charge is 0.481 e. The molecule has 5 amide bonds. The first-order valence-corrected chi connectivity index (χ1v) is 16.7. The number of carbonyl (C=O) groups is 5. The molecule has 2 fully saturated rings. The molecular formula is C36H45N7O6. The maximum absolute atomic E-state index is 14.2. The number of aliphatic carboxylic acids is 1. The number of carbonyl (C=O) groups excluding carboxylic acids is 4. The molecule has 13 nitrogen and oxygen atoms in total. The van der Waals surface area contributed by atoms with E-state index in [2.05, 4.69) is 25.9 Å². The first-order valence-electron chi connectivity index (χ1n) is 16.7. The monoisotopic (exact) mass is 671 g/mol. The molecule has 2 aliphatic rings. The lowest BCUT2D eigenvalue weighted by Gasteiger charge is -2.38. The highest BCUT2D eigenvalue weighted by atomic mass is 16.4. The number of carboxylic acids is 1. The highest BCUT2D eigenvalue weighted by Gasteiger charge is 2.46. The van der Waals surface area contributed by atoms with Gasteiger partial charge < -0.3 is 30.9 Å². The zero-order valence-corrected chi connectivity index (χ0v) is 28.4. The SMILES string of the molecule is CN(C(=O)[C@@H](NC(=O)[C@@H](NC(=O)c1cnccn1)C1CCCCC1)C(C)(C)C)[C@H]1CN(C(=O)Nc2ccc3ccccc3c2)C[C@H]1C(=O)O. The number of likely N-dealkylation sites (tertiary alicyclic amines) is 1. The zero-order valence-electron chi connectivity index (χ0n) is 28.4. The van der Waals surface area contributed by atoms with E-state index in [9.17, 15) is 29.1 Å². The van der Waals surface area contributed by atoms with Crippen molar-refractivity contribution in [1.29, 1.82) is 0 Å². The number of amides is 5. The zero-order chi connectivity index (χ0) is 35.3. The highest BCUT2D eigenvalue weighted by Crippen LogP contribution is 2.30. The van der Waals surface area contributed by atoms with Gasteiger partial charge >= 0.3 is 12.0 Å². The second-order valence-corrected chi connectivity index (χ2v) is 14.1. The van der Waals surface area contributed by atoms with Crippen molar-refractivity contribution in [2.45, 2.75) is 71.0 Å². The van der Waals surface area contributed by atoms with Gasteiger partial charge in [0.15, 0.2) is 0 Å². The minimum absolute atomic E-state index is 0.0116. The molecule has 13 heteroatoms. The fraction of sp³-hybridized carbons (Fsp3) is 0.472. The molecule has 4 atom stereocenters. The molecule has 3 aromatic rings. The lowest BCUT2D eigenvalue weighted by Crippen LogP contribution is -2.61. The molecule has 1 saturated heterocycles. The summed E-state index contributed by atoms with van der Waals surface area (Å²) >= 11 is 0. The lowest BCUT2D eigenvalue weighted by atomic mass is 9.82. The predicted molar refractivity (Wildman–Crippen MR) is 183 cm³/mol. The minimum atomic E-state index is -1.13. The number of aromatic nitrogens is 2. The Morgan fingerprint density at radius 3 is 2.31 bits per heavy atom. The molecular weight excluding hydrogens is 626 g/mol. The molecule has 0 radical (unpaired) electrons. The van der Waals surface area contributed by atoms with Gasteiger partial charge in [-0.2, -0.15) is 0 Å². The van der Waals surface area contributed by atoms with Crippen LogP contribution in [0.25, 0.3) is 10.8 Å². The van der Waals surface area contributed by atoms with Crippen molar-refractivity contribution in [3.63, 3.8) is 0 Å². The van der Waals surface area contributed by atoms with E-state index < -0.39 is 59.2 Å². The topological polar surface area (TPSA) is 174 Å². The summed E-state index contributed by atoms with van der Waals surface area (Å²) < 4.78 is 0. The second kappa shape index (κ2) is 15.0. The average Bonchev–Trinajstić information content (AvgIpc) is 3.55. The molecule has 1 aliphatic heterocycles. The van der Waals surface area contributed by atoms with Gasteiger partial charge in [0.2, 0.25) is 11.8 Å². The molecule has 1 saturated carbocycles. The van der Waals surface area contributed by atoms with Crippen LogP contribution in [0.1, 0.15) is 63.4 Å². The van der Waals surface area contributed by atoms with E-state index >= 15 is 0 Å². The van der Waals surface area contributed by atoms with Gasteiger partial charge in [0.1, 0.15) is 17.8 Å². The van der Waals surface area contributed by atoms with Crippen molar-refractivity contribution in [3.8, 4) is 0 Å². The fourth-order valence-corrected chi connectivity index (χ4v) is 6.80. The molecule has 49 heavy (non-hydrogen) atoms. The Morgan fingerprint density at radius 1 is 0.939 bits per heavy atom. The van der Waals surface area contributed by atoms with Crippen molar-refractivity contribution >= 4 is 46.2 Å². The van der Waals surface area contributed by atoms with E-state index in [-0.39, 0.29) is 24.7 Å². The Kier molecular flexibility index (Phi) is 10.8. The van der Waals surface area contributed by atoms with Gasteiger partial charge in [-0.25, -0.2) is 9.78 Å². The van der Waals surface area contributed by atoms with Crippen molar-refractivity contribution in [3.05, 3.63) is 66.7 Å². The molecule has 1 aliphatic carbocycles. The third-order valence-corrected chi connectivity index (χ3v) is 9.62. The van der Waals surface area contributed by atoms with Crippen LogP contribution in [0.3, 0.4) is 0 Å². The third-order valence-electron chi connectivity index (χ3n) is 9.62. The molecule has 0 spiro atoms. The van der Waals surface area contributed by atoms with Crippen LogP contribution in [0.15, 0.2) is 61.1 Å². The van der Waals surface area contributed by atoms with E-state index in [0.717, 1.165) is 42.9 Å². The summed E-state index contributed by atoms with van der Waals surface area (Å²) in [5.41, 5.74) is -0.135. The first kappa shape index (κ1) is 35.2. The summed E-state index contributed by atoms with van der Waals surface area (Å²) in [6, 6.07) is 9.97. The smallest absolute Gasteiger partial charge is 0.321 e. The molecule has 5 rings (SSSR count). The van der Waals surface area contributed by atoms with E-state index in [4.69, 9.17) is 0 Å². The van der Waals surface area contributed by atoms with Gasteiger partial charge in [0.25, 0.3) is 5.91 Å². The van der Waals surface area contributed by atoms with Crippen molar-refractivity contribution in [2.75, 3.05) is 25.5 Å². The molecule has 1 aromatic heterocycles. The van der Waals surface area contributed by atoms with Crippen LogP contribution >= 0.6 is 0 Å². The van der Waals surface area contributed by atoms with E-state index in [1.54, 1.807) is 6.07 Å². The summed E-state index contributed by atoms with van der Waals surface area (Å²) in [4.78, 5) is 77.8. The van der Waals surface area contributed by atoms with E-state index in [1.807, 2.05) is 57.2 Å². The Labute approximate surface area is 285 Å². The molecule has 0 unspecified atom stereocenters. The van der Waals surface area contributed by atoms with Crippen molar-refractivity contribution < 1.29 is 29.1 Å². The Bertz CT molecular complexity index is 1690. The molecule has 0 bridgehead atoms. The van der Waals surface area contributed by atoms with Crippen LogP contribution in [0.4, 0.5) is 10.5 Å². The fourth-order valence-electron chi connectivity index (χ4n) is 6.80. The highest BCUT2D eigenvalue weighted by molar-refractivity contribution is 5.98. The second-order valence-electron chi connectivity index (χ2n) is 14.1. The lowest BCUT2D eigenvalue weighted by molar-refractivity contribution is -0.146. The van der Waals surface area contributed by atoms with Gasteiger partial charge in [-0.3, -0.25) is 24.2 Å².